The molecule has 0 aliphatic rings. The summed E-state index contributed by atoms with van der Waals surface area (Å²) in [6.07, 6.45) is 1.88. The van der Waals surface area contributed by atoms with Crippen molar-refractivity contribution in [3.8, 4) is 11.3 Å². The largest absolute Gasteiger partial charge is 0.382 e. The van der Waals surface area contributed by atoms with E-state index in [4.69, 9.17) is 10.3 Å². The Morgan fingerprint density at radius 1 is 1.22 bits per heavy atom. The van der Waals surface area contributed by atoms with Gasteiger partial charge >= 0.3 is 0 Å². The van der Waals surface area contributed by atoms with Gasteiger partial charge in [0.1, 0.15) is 11.6 Å². The number of benzene rings is 1. The lowest BCUT2D eigenvalue weighted by atomic mass is 9.93. The zero-order valence-electron chi connectivity index (χ0n) is 15.9. The van der Waals surface area contributed by atoms with Crippen LogP contribution in [-0.4, -0.2) is 21.0 Å². The van der Waals surface area contributed by atoms with E-state index in [-0.39, 0.29) is 17.7 Å². The van der Waals surface area contributed by atoms with Crippen molar-refractivity contribution in [2.75, 3.05) is 11.1 Å². The van der Waals surface area contributed by atoms with Crippen LogP contribution < -0.4 is 11.1 Å². The molecule has 1 amide bonds. The molecule has 2 aromatic heterocycles. The molecule has 7 nitrogen and oxygen atoms in total. The van der Waals surface area contributed by atoms with Crippen LogP contribution in [0, 0.1) is 6.92 Å². The van der Waals surface area contributed by atoms with Crippen LogP contribution in [0.15, 0.2) is 41.1 Å². The van der Waals surface area contributed by atoms with Gasteiger partial charge in [-0.2, -0.15) is 0 Å². The van der Waals surface area contributed by atoms with Gasteiger partial charge in [0, 0.05) is 17.0 Å². The molecule has 1 aromatic carbocycles. The maximum absolute atomic E-state index is 12.2. The summed E-state index contributed by atoms with van der Waals surface area (Å²) in [5, 5.41) is 6.66. The number of nitrogen functional groups attached to an aromatic ring is 1. The summed E-state index contributed by atoms with van der Waals surface area (Å²) in [6, 6.07) is 9.37. The van der Waals surface area contributed by atoms with Gasteiger partial charge in [0.25, 0.3) is 0 Å². The van der Waals surface area contributed by atoms with E-state index in [0.29, 0.717) is 17.3 Å². The molecule has 3 rings (SSSR count). The first-order chi connectivity index (χ1) is 12.7. The Hall–Kier alpha value is -3.22. The Morgan fingerprint density at radius 2 is 1.93 bits per heavy atom. The van der Waals surface area contributed by atoms with Gasteiger partial charge in [0.15, 0.2) is 5.82 Å². The predicted octanol–water partition coefficient (Wildman–Crippen LogP) is 3.50. The number of aryl methyl sites for hydroxylation is 1. The average Bonchev–Trinajstić information content (AvgIpc) is 3.07. The van der Waals surface area contributed by atoms with Crippen LogP contribution in [0.25, 0.3) is 11.3 Å². The molecule has 140 valence electrons. The van der Waals surface area contributed by atoms with Crippen LogP contribution in [0.1, 0.15) is 37.8 Å². The van der Waals surface area contributed by atoms with Crippen molar-refractivity contribution < 1.29 is 9.32 Å². The van der Waals surface area contributed by atoms with Gasteiger partial charge in [-0.3, -0.25) is 4.79 Å². The highest BCUT2D eigenvalue weighted by Gasteiger charge is 2.20. The number of nitrogens with zero attached hydrogens (tertiary/aromatic N) is 3. The molecule has 0 aliphatic heterocycles. The van der Waals surface area contributed by atoms with E-state index in [2.05, 4.69) is 20.4 Å². The van der Waals surface area contributed by atoms with E-state index in [1.165, 1.54) is 0 Å². The maximum Gasteiger partial charge on any atom is 0.230 e. The number of rotatable bonds is 4. The molecule has 3 aromatic rings. The van der Waals surface area contributed by atoms with Gasteiger partial charge in [-0.1, -0.05) is 50.2 Å². The maximum atomic E-state index is 12.2. The molecule has 2 heterocycles. The van der Waals surface area contributed by atoms with E-state index in [9.17, 15) is 4.79 Å². The number of nitrogens with one attached hydrogen (secondary N) is 1. The topological polar surface area (TPSA) is 107 Å². The second-order valence-electron chi connectivity index (χ2n) is 7.47. The lowest BCUT2D eigenvalue weighted by Gasteiger charge is -2.12. The quantitative estimate of drug-likeness (QED) is 0.733. The summed E-state index contributed by atoms with van der Waals surface area (Å²) < 4.78 is 5.28. The molecule has 0 saturated carbocycles. The average molecular weight is 365 g/mol. The van der Waals surface area contributed by atoms with E-state index in [1.54, 1.807) is 12.3 Å². The normalized spacial score (nSPS) is 11.4. The minimum atomic E-state index is -0.158. The molecule has 0 saturated heterocycles. The fourth-order valence-corrected chi connectivity index (χ4v) is 2.48. The molecule has 0 radical (unpaired) electrons. The van der Waals surface area contributed by atoms with Gasteiger partial charge in [-0.05, 0) is 12.5 Å². The van der Waals surface area contributed by atoms with Crippen molar-refractivity contribution in [1.82, 2.24) is 15.1 Å². The monoisotopic (exact) mass is 365 g/mol. The highest BCUT2D eigenvalue weighted by Crippen LogP contribution is 2.24. The number of aromatic nitrogens is 3. The van der Waals surface area contributed by atoms with Crippen LogP contribution in [-0.2, 0) is 16.6 Å². The minimum Gasteiger partial charge on any atom is -0.382 e. The molecule has 7 heteroatoms. The van der Waals surface area contributed by atoms with Gasteiger partial charge in [-0.25, -0.2) is 9.97 Å². The van der Waals surface area contributed by atoms with Gasteiger partial charge in [0.2, 0.25) is 5.91 Å². The molecule has 27 heavy (non-hydrogen) atoms. The van der Waals surface area contributed by atoms with Crippen molar-refractivity contribution in [2.45, 2.75) is 39.5 Å². The number of amides is 1. The van der Waals surface area contributed by atoms with Crippen molar-refractivity contribution in [3.63, 3.8) is 0 Å². The van der Waals surface area contributed by atoms with Gasteiger partial charge < -0.3 is 15.6 Å². The van der Waals surface area contributed by atoms with E-state index < -0.39 is 0 Å². The molecule has 0 fully saturated rings. The van der Waals surface area contributed by atoms with Gasteiger partial charge in [0.05, 0.1) is 24.0 Å². The Morgan fingerprint density at radius 3 is 2.52 bits per heavy atom. The summed E-state index contributed by atoms with van der Waals surface area (Å²) in [5.41, 5.74) is 8.79. The van der Waals surface area contributed by atoms with Crippen molar-refractivity contribution >= 4 is 17.5 Å². The van der Waals surface area contributed by atoms with Crippen LogP contribution in [0.5, 0.6) is 0 Å². The minimum absolute atomic E-state index is 0.153. The molecular weight excluding hydrogens is 342 g/mol. The second-order valence-corrected chi connectivity index (χ2v) is 7.47. The molecule has 0 unspecified atom stereocenters. The van der Waals surface area contributed by atoms with E-state index in [0.717, 1.165) is 22.6 Å². The zero-order valence-corrected chi connectivity index (χ0v) is 15.9. The predicted molar refractivity (Wildman–Crippen MR) is 104 cm³/mol. The standard InChI is InChI=1S/C20H23N5O2/c1-12-19(21)22-11-15(23-12)14-7-5-13(6-8-14)9-18(26)24-17-10-16(27-25-17)20(2,3)4/h5-8,10-11H,9H2,1-4H3,(H2,21,22)(H,24,25,26). The summed E-state index contributed by atoms with van der Waals surface area (Å²) in [7, 11) is 0. The fraction of sp³-hybridized carbons (Fsp3) is 0.300. The third kappa shape index (κ3) is 4.49. The van der Waals surface area contributed by atoms with Gasteiger partial charge in [-0.15, -0.1) is 0 Å². The smallest absolute Gasteiger partial charge is 0.230 e. The van der Waals surface area contributed by atoms with Crippen LogP contribution >= 0.6 is 0 Å². The highest BCUT2D eigenvalue weighted by atomic mass is 16.5. The second kappa shape index (κ2) is 7.19. The van der Waals surface area contributed by atoms with E-state index >= 15 is 0 Å². The molecular formula is C20H23N5O2. The highest BCUT2D eigenvalue weighted by molar-refractivity contribution is 5.91. The number of hydrogen-bond donors (Lipinski definition) is 2. The lowest BCUT2D eigenvalue weighted by molar-refractivity contribution is -0.115. The summed E-state index contributed by atoms with van der Waals surface area (Å²) in [6.45, 7) is 7.88. The Bertz CT molecular complexity index is 955. The van der Waals surface area contributed by atoms with Crippen LogP contribution in [0.3, 0.4) is 0 Å². The number of hydrogen-bond acceptors (Lipinski definition) is 6. The first-order valence-corrected chi connectivity index (χ1v) is 8.68. The molecule has 0 aliphatic carbocycles. The lowest BCUT2D eigenvalue weighted by Crippen LogP contribution is -2.14. The van der Waals surface area contributed by atoms with E-state index in [1.807, 2.05) is 52.0 Å². The van der Waals surface area contributed by atoms with Crippen LogP contribution in [0.4, 0.5) is 11.6 Å². The molecule has 0 atom stereocenters. The first-order valence-electron chi connectivity index (χ1n) is 8.68. The molecule has 3 N–H and O–H groups in total. The Labute approximate surface area is 158 Å². The fourth-order valence-electron chi connectivity index (χ4n) is 2.48. The summed E-state index contributed by atoms with van der Waals surface area (Å²) in [5.74, 6) is 1.42. The number of anilines is 2. The third-order valence-corrected chi connectivity index (χ3v) is 4.12. The van der Waals surface area contributed by atoms with Crippen molar-refractivity contribution in [2.24, 2.45) is 0 Å². The number of carbonyl (C=O) groups excluding carboxylic acids is 1. The molecule has 0 spiro atoms. The summed E-state index contributed by atoms with van der Waals surface area (Å²) >= 11 is 0. The Kier molecular flexibility index (Phi) is 4.94. The van der Waals surface area contributed by atoms with Crippen molar-refractivity contribution in [1.29, 1.82) is 0 Å². The zero-order chi connectivity index (χ0) is 19.6. The first kappa shape index (κ1) is 18.6. The SMILES string of the molecule is Cc1nc(-c2ccc(CC(=O)Nc3cc(C(C)(C)C)on3)cc2)cnc1N. The summed E-state index contributed by atoms with van der Waals surface area (Å²) in [4.78, 5) is 20.8. The van der Waals surface area contributed by atoms with Crippen molar-refractivity contribution in [3.05, 3.63) is 53.5 Å². The molecule has 0 bridgehead atoms. The number of nitrogens with two attached hydrogens (primary N) is 1. The third-order valence-electron chi connectivity index (χ3n) is 4.12. The Balaban J connectivity index is 1.64. The van der Waals surface area contributed by atoms with Crippen LogP contribution in [0.2, 0.25) is 0 Å². The number of carbonyl (C=O) groups is 1.